The van der Waals surface area contributed by atoms with Crippen molar-refractivity contribution in [2.45, 2.75) is 57.7 Å². The molecule has 1 aliphatic carbocycles. The van der Waals surface area contributed by atoms with Gasteiger partial charge in [-0.1, -0.05) is 18.2 Å². The number of para-hydroxylation sites is 1. The van der Waals surface area contributed by atoms with Crippen molar-refractivity contribution in [3.05, 3.63) is 71.4 Å². The number of likely N-dealkylation sites (tertiary alicyclic amines) is 2. The first kappa shape index (κ1) is 32.8. The topological polar surface area (TPSA) is 154 Å². The van der Waals surface area contributed by atoms with Crippen molar-refractivity contribution in [1.29, 1.82) is 0 Å². The van der Waals surface area contributed by atoms with Gasteiger partial charge >= 0.3 is 0 Å². The van der Waals surface area contributed by atoms with Crippen molar-refractivity contribution in [2.75, 3.05) is 55.8 Å². The lowest BCUT2D eigenvalue weighted by Gasteiger charge is -2.35. The molecule has 3 N–H and O–H groups in total. The zero-order valence-electron chi connectivity index (χ0n) is 29.1. The largest absolute Gasteiger partial charge is 0.366 e. The van der Waals surface area contributed by atoms with Gasteiger partial charge in [-0.2, -0.15) is 5.10 Å². The van der Waals surface area contributed by atoms with Gasteiger partial charge in [-0.15, -0.1) is 10.2 Å². The van der Waals surface area contributed by atoms with Gasteiger partial charge in [0.2, 0.25) is 5.91 Å². The van der Waals surface area contributed by atoms with Crippen LogP contribution in [-0.4, -0.2) is 92.8 Å². The number of hydrogen-bond acceptors (Lipinski definition) is 10. The number of fused-ring (bicyclic) bond motifs is 3. The summed E-state index contributed by atoms with van der Waals surface area (Å²) in [6, 6.07) is 13.8. The molecule has 2 saturated heterocycles. The second kappa shape index (κ2) is 13.7. The zero-order chi connectivity index (χ0) is 35.1. The minimum Gasteiger partial charge on any atom is -0.366 e. The van der Waals surface area contributed by atoms with Gasteiger partial charge in [-0.25, -0.2) is 4.98 Å². The molecule has 8 rings (SSSR count). The number of amides is 3. The fraction of sp³-hybridized carbons (Fsp3) is 0.432. The van der Waals surface area contributed by atoms with Crippen molar-refractivity contribution >= 4 is 40.6 Å². The molecular weight excluding hydrogens is 646 g/mol. The van der Waals surface area contributed by atoms with Crippen LogP contribution in [0.2, 0.25) is 0 Å². The van der Waals surface area contributed by atoms with Crippen molar-refractivity contribution in [3.8, 4) is 11.1 Å². The maximum absolute atomic E-state index is 12.9. The number of carbonyl (C=O) groups excluding carboxylic acids is 3. The highest BCUT2D eigenvalue weighted by molar-refractivity contribution is 6.01. The van der Waals surface area contributed by atoms with Gasteiger partial charge in [0.25, 0.3) is 11.8 Å². The minimum absolute atomic E-state index is 0.0109. The molecule has 1 aromatic carbocycles. The Bertz CT molecular complexity index is 1980. The minimum atomic E-state index is -0.379. The number of nitrogens with zero attached hydrogens (tertiary/aromatic N) is 8. The van der Waals surface area contributed by atoms with Gasteiger partial charge in [-0.3, -0.25) is 24.0 Å². The van der Waals surface area contributed by atoms with Crippen molar-refractivity contribution in [3.63, 3.8) is 0 Å². The van der Waals surface area contributed by atoms with Gasteiger partial charge in [0.15, 0.2) is 11.5 Å². The quantitative estimate of drug-likeness (QED) is 0.233. The third-order valence-corrected chi connectivity index (χ3v) is 10.4. The molecule has 4 aliphatic rings. The molecule has 14 nitrogen and oxygen atoms in total. The fourth-order valence-corrected chi connectivity index (χ4v) is 7.53. The first-order valence-electron chi connectivity index (χ1n) is 17.9. The van der Waals surface area contributed by atoms with Gasteiger partial charge < -0.3 is 25.8 Å². The number of hydrogen-bond donors (Lipinski definition) is 3. The molecule has 1 saturated carbocycles. The highest BCUT2D eigenvalue weighted by Crippen LogP contribution is 2.45. The molecule has 4 aromatic rings. The van der Waals surface area contributed by atoms with Crippen LogP contribution in [0.25, 0.3) is 11.1 Å². The third kappa shape index (κ3) is 6.63. The molecule has 3 amide bonds. The van der Waals surface area contributed by atoms with Crippen LogP contribution >= 0.6 is 0 Å². The number of anilines is 4. The molecule has 0 radical (unpaired) electrons. The number of nitrogens with one attached hydrogen (secondary N) is 3. The Morgan fingerprint density at radius 2 is 1.69 bits per heavy atom. The van der Waals surface area contributed by atoms with E-state index in [2.05, 4.69) is 53.7 Å². The Morgan fingerprint density at radius 1 is 0.902 bits per heavy atom. The average molecular weight is 690 g/mol. The summed E-state index contributed by atoms with van der Waals surface area (Å²) < 4.78 is 2.21. The SMILES string of the molecule is CNC(=O)c1nnc(NC(=O)C2CC2)cc1Nc1cccc2c1N(C)Cc1c-2cnn1C1CCN(Cc2cccc(C(=O)N3CCCC3)n2)CC1. The summed E-state index contributed by atoms with van der Waals surface area (Å²) >= 11 is 0. The highest BCUT2D eigenvalue weighted by Gasteiger charge is 2.32. The molecule has 51 heavy (non-hydrogen) atoms. The summed E-state index contributed by atoms with van der Waals surface area (Å²) in [5.41, 5.74) is 7.17. The predicted octanol–water partition coefficient (Wildman–Crippen LogP) is 4.21. The highest BCUT2D eigenvalue weighted by atomic mass is 16.2. The molecule has 3 aromatic heterocycles. The summed E-state index contributed by atoms with van der Waals surface area (Å²) in [7, 11) is 3.61. The predicted molar refractivity (Wildman–Crippen MR) is 193 cm³/mol. The Kier molecular flexibility index (Phi) is 8.84. The molecule has 3 fully saturated rings. The Hall–Kier alpha value is -5.37. The lowest BCUT2D eigenvalue weighted by atomic mass is 9.97. The summed E-state index contributed by atoms with van der Waals surface area (Å²) in [5.74, 6) is -0.112. The number of benzene rings is 1. The van der Waals surface area contributed by atoms with Gasteiger partial charge in [0.1, 0.15) is 5.69 Å². The van der Waals surface area contributed by atoms with E-state index in [0.717, 1.165) is 99.4 Å². The Balaban J connectivity index is 0.978. The lowest BCUT2D eigenvalue weighted by Crippen LogP contribution is -2.36. The monoisotopic (exact) mass is 689 g/mol. The molecular formula is C37H43N11O3. The normalized spacial score (nSPS) is 17.5. The molecule has 0 unspecified atom stereocenters. The van der Waals surface area contributed by atoms with E-state index < -0.39 is 0 Å². The summed E-state index contributed by atoms with van der Waals surface area (Å²) in [6.07, 6.45) is 7.78. The van der Waals surface area contributed by atoms with E-state index in [1.54, 1.807) is 13.1 Å². The molecule has 0 atom stereocenters. The second-order valence-corrected chi connectivity index (χ2v) is 14.0. The number of aromatic nitrogens is 5. The molecule has 0 bridgehead atoms. The summed E-state index contributed by atoms with van der Waals surface area (Å²) in [4.78, 5) is 49.4. The van der Waals surface area contributed by atoms with Crippen molar-refractivity contribution in [1.82, 2.24) is 40.1 Å². The Morgan fingerprint density at radius 3 is 2.45 bits per heavy atom. The van der Waals surface area contributed by atoms with E-state index in [-0.39, 0.29) is 35.4 Å². The molecule has 3 aliphatic heterocycles. The number of piperidine rings is 1. The van der Waals surface area contributed by atoms with E-state index >= 15 is 0 Å². The van der Waals surface area contributed by atoms with Crippen LogP contribution < -0.4 is 20.9 Å². The number of rotatable bonds is 9. The van der Waals surface area contributed by atoms with Crippen LogP contribution in [0.1, 0.15) is 76.9 Å². The number of pyridine rings is 1. The average Bonchev–Trinajstić information content (AvgIpc) is 3.69. The summed E-state index contributed by atoms with van der Waals surface area (Å²) in [5, 5.41) is 22.1. The first-order valence-corrected chi connectivity index (χ1v) is 17.9. The molecule has 6 heterocycles. The first-order chi connectivity index (χ1) is 24.9. The van der Waals surface area contributed by atoms with E-state index in [4.69, 9.17) is 10.1 Å². The van der Waals surface area contributed by atoms with E-state index in [9.17, 15) is 14.4 Å². The second-order valence-electron chi connectivity index (χ2n) is 14.0. The maximum atomic E-state index is 12.9. The van der Waals surface area contributed by atoms with Crippen LogP contribution in [0.5, 0.6) is 0 Å². The lowest BCUT2D eigenvalue weighted by molar-refractivity contribution is -0.117. The zero-order valence-corrected chi connectivity index (χ0v) is 29.1. The van der Waals surface area contributed by atoms with Gasteiger partial charge in [-0.05, 0) is 56.7 Å². The van der Waals surface area contributed by atoms with Crippen LogP contribution in [0.15, 0.2) is 48.7 Å². The molecule has 0 spiro atoms. The van der Waals surface area contributed by atoms with E-state index in [1.807, 2.05) is 41.4 Å². The number of carbonyl (C=O) groups is 3. The standard InChI is InChI=1S/C37H43N11O3/c1-38-36(50)33-30(19-32(43-44-33)42-35(49)23-11-12-23)41-28-9-6-8-26-27-20-39-48(31(27)22-45(2)34(26)28)25-13-17-46(18-14-25)21-24-7-5-10-29(40-24)37(51)47-15-3-4-16-47/h5-10,19-20,23,25H,3-4,11-18,21-22H2,1-2H3,(H,38,50)(H2,41,42,43,49). The Labute approximate surface area is 296 Å². The maximum Gasteiger partial charge on any atom is 0.273 e. The van der Waals surface area contributed by atoms with E-state index in [0.29, 0.717) is 23.7 Å². The smallest absolute Gasteiger partial charge is 0.273 e. The van der Waals surface area contributed by atoms with Gasteiger partial charge in [0.05, 0.1) is 47.2 Å². The van der Waals surface area contributed by atoms with Crippen LogP contribution in [0.3, 0.4) is 0 Å². The fourth-order valence-electron chi connectivity index (χ4n) is 7.53. The molecule has 264 valence electrons. The van der Waals surface area contributed by atoms with Crippen LogP contribution in [-0.2, 0) is 17.9 Å². The molecule has 14 heteroatoms. The van der Waals surface area contributed by atoms with Crippen molar-refractivity contribution < 1.29 is 14.4 Å². The summed E-state index contributed by atoms with van der Waals surface area (Å²) in [6.45, 7) is 4.87. The van der Waals surface area contributed by atoms with Crippen molar-refractivity contribution in [2.24, 2.45) is 5.92 Å². The van der Waals surface area contributed by atoms with Gasteiger partial charge in [0, 0.05) is 69.9 Å². The van der Waals surface area contributed by atoms with Crippen LogP contribution in [0, 0.1) is 5.92 Å². The van der Waals surface area contributed by atoms with Crippen LogP contribution in [0.4, 0.5) is 22.9 Å². The third-order valence-electron chi connectivity index (χ3n) is 10.4. The van der Waals surface area contributed by atoms with E-state index in [1.165, 1.54) is 5.69 Å².